The number of halogens is 2. The van der Waals surface area contributed by atoms with E-state index >= 15 is 0 Å². The van der Waals surface area contributed by atoms with E-state index in [1.54, 1.807) is 0 Å². The van der Waals surface area contributed by atoms with Crippen molar-refractivity contribution in [2.75, 3.05) is 12.8 Å². The summed E-state index contributed by atoms with van der Waals surface area (Å²) in [4.78, 5) is 15.7. The van der Waals surface area contributed by atoms with Gasteiger partial charge in [0.1, 0.15) is 5.15 Å². The molecule has 0 saturated carbocycles. The topological polar surface area (TPSA) is 42.0 Å². The number of thioether (sulfide) groups is 1. The van der Waals surface area contributed by atoms with Crippen molar-refractivity contribution in [2.24, 2.45) is 0 Å². The molecule has 0 fully saturated rings. The molecular weight excluding hydrogens is 279 g/mol. The first-order valence-electron chi connectivity index (χ1n) is 4.93. The molecule has 0 radical (unpaired) electrons. The summed E-state index contributed by atoms with van der Waals surface area (Å²) in [5.41, 5.74) is 0.420. The Kier molecular flexibility index (Phi) is 5.82. The van der Waals surface area contributed by atoms with Gasteiger partial charge in [-0.05, 0) is 19.2 Å². The lowest BCUT2D eigenvalue weighted by Gasteiger charge is -2.05. The molecule has 6 heteroatoms. The highest BCUT2D eigenvalue weighted by molar-refractivity contribution is 8.02. The van der Waals surface area contributed by atoms with Gasteiger partial charge in [-0.3, -0.25) is 4.79 Å². The van der Waals surface area contributed by atoms with E-state index in [-0.39, 0.29) is 16.0 Å². The highest BCUT2D eigenvalue weighted by Crippen LogP contribution is 2.20. The fourth-order valence-corrected chi connectivity index (χ4v) is 1.90. The number of pyridine rings is 1. The van der Waals surface area contributed by atoms with Crippen molar-refractivity contribution in [1.82, 2.24) is 10.3 Å². The number of nitrogens with one attached hydrogen (secondary N) is 1. The van der Waals surface area contributed by atoms with Gasteiger partial charge in [-0.15, -0.1) is 11.8 Å². The van der Waals surface area contributed by atoms with Gasteiger partial charge in [-0.2, -0.15) is 0 Å². The van der Waals surface area contributed by atoms with E-state index in [4.69, 9.17) is 23.2 Å². The number of hydrogen-bond acceptors (Lipinski definition) is 4. The Labute approximate surface area is 115 Å². The predicted molar refractivity (Wildman–Crippen MR) is 73.9 cm³/mol. The van der Waals surface area contributed by atoms with Crippen LogP contribution >= 0.6 is 35.0 Å². The lowest BCUT2D eigenvalue weighted by Crippen LogP contribution is -2.11. The Hall–Kier alpha value is -0.710. The molecule has 1 aromatic heterocycles. The minimum absolute atomic E-state index is 0.152. The van der Waals surface area contributed by atoms with Crippen LogP contribution < -0.4 is 5.32 Å². The summed E-state index contributed by atoms with van der Waals surface area (Å²) in [5, 5.41) is 4.37. The third kappa shape index (κ3) is 4.22. The highest BCUT2D eigenvalue weighted by atomic mass is 35.5. The first-order valence-corrected chi connectivity index (χ1v) is 6.91. The van der Waals surface area contributed by atoms with E-state index in [1.807, 2.05) is 13.2 Å². The van der Waals surface area contributed by atoms with Crippen LogP contribution in [-0.2, 0) is 0 Å². The van der Waals surface area contributed by atoms with Crippen molar-refractivity contribution in [3.8, 4) is 0 Å². The predicted octanol–water partition coefficient (Wildman–Crippen LogP) is 3.39. The maximum Gasteiger partial charge on any atom is 0.190 e. The average Bonchev–Trinajstić information content (AvgIpc) is 2.31. The summed E-state index contributed by atoms with van der Waals surface area (Å²) in [6.45, 7) is 2.73. The van der Waals surface area contributed by atoms with E-state index < -0.39 is 0 Å². The summed E-state index contributed by atoms with van der Waals surface area (Å²) in [6.07, 6.45) is 4.83. The van der Waals surface area contributed by atoms with Gasteiger partial charge in [0.2, 0.25) is 0 Å². The van der Waals surface area contributed by atoms with Crippen LogP contribution in [0.15, 0.2) is 23.4 Å². The van der Waals surface area contributed by atoms with Crippen molar-refractivity contribution in [3.05, 3.63) is 39.1 Å². The van der Waals surface area contributed by atoms with Gasteiger partial charge in [-0.25, -0.2) is 4.98 Å². The van der Waals surface area contributed by atoms with E-state index in [2.05, 4.69) is 10.3 Å². The van der Waals surface area contributed by atoms with E-state index in [0.717, 1.165) is 11.6 Å². The van der Waals surface area contributed by atoms with E-state index in [1.165, 1.54) is 30.1 Å². The molecule has 0 aliphatic carbocycles. The molecule has 92 valence electrons. The summed E-state index contributed by atoms with van der Waals surface area (Å²) in [7, 11) is 0. The third-order valence-electron chi connectivity index (χ3n) is 1.91. The number of carbonyl (C=O) groups excluding carboxylic acids is 1. The summed E-state index contributed by atoms with van der Waals surface area (Å²) < 4.78 is 0. The largest absolute Gasteiger partial charge is 0.380 e. The highest BCUT2D eigenvalue weighted by Gasteiger charge is 2.08. The normalized spacial score (nSPS) is 11.4. The number of ketones is 1. The zero-order valence-corrected chi connectivity index (χ0v) is 11.8. The number of carbonyl (C=O) groups is 1. The van der Waals surface area contributed by atoms with Gasteiger partial charge in [0.05, 0.1) is 10.1 Å². The van der Waals surface area contributed by atoms with Crippen LogP contribution in [-0.4, -0.2) is 23.6 Å². The first-order chi connectivity index (χ1) is 8.08. The standard InChI is InChI=1S/C11H12Cl2N2OS/c1-3-14-10(17-2)5-9(16)7-4-8(12)11(13)15-6-7/h4-6,14H,3H2,1-2H3/b10-5+. The molecule has 0 atom stereocenters. The Morgan fingerprint density at radius 2 is 2.29 bits per heavy atom. The van der Waals surface area contributed by atoms with Crippen LogP contribution in [0, 0.1) is 0 Å². The molecule has 1 rings (SSSR count). The van der Waals surface area contributed by atoms with Crippen LogP contribution in [0.1, 0.15) is 17.3 Å². The summed E-state index contributed by atoms with van der Waals surface area (Å²) >= 11 is 13.0. The van der Waals surface area contributed by atoms with Gasteiger partial charge in [0.25, 0.3) is 0 Å². The SMILES string of the molecule is CCN/C(=C\C(=O)c1cnc(Cl)c(Cl)c1)SC. The second-order valence-corrected chi connectivity index (χ2v) is 4.72. The van der Waals surface area contributed by atoms with Crippen LogP contribution in [0.2, 0.25) is 10.2 Å². The van der Waals surface area contributed by atoms with Crippen molar-refractivity contribution >= 4 is 40.7 Å². The molecule has 0 amide bonds. The minimum atomic E-state index is -0.152. The fourth-order valence-electron chi connectivity index (χ4n) is 1.11. The molecule has 0 spiro atoms. The maximum absolute atomic E-state index is 11.9. The number of allylic oxidation sites excluding steroid dienone is 1. The molecule has 0 saturated heterocycles. The zero-order valence-electron chi connectivity index (χ0n) is 9.46. The Balaban J connectivity index is 2.92. The smallest absolute Gasteiger partial charge is 0.190 e. The molecule has 3 nitrogen and oxygen atoms in total. The third-order valence-corrected chi connectivity index (χ3v) is 3.30. The van der Waals surface area contributed by atoms with Gasteiger partial charge < -0.3 is 5.32 Å². The number of aromatic nitrogens is 1. The van der Waals surface area contributed by atoms with Crippen molar-refractivity contribution in [1.29, 1.82) is 0 Å². The molecule has 1 N–H and O–H groups in total. The first kappa shape index (κ1) is 14.4. The van der Waals surface area contributed by atoms with Crippen molar-refractivity contribution in [3.63, 3.8) is 0 Å². The quantitative estimate of drug-likeness (QED) is 0.513. The lowest BCUT2D eigenvalue weighted by atomic mass is 10.2. The molecule has 1 heterocycles. The molecule has 17 heavy (non-hydrogen) atoms. The number of rotatable bonds is 5. The number of hydrogen-bond donors (Lipinski definition) is 1. The maximum atomic E-state index is 11.9. The molecule has 0 bridgehead atoms. The molecule has 0 aliphatic rings. The molecule has 0 aliphatic heterocycles. The van der Waals surface area contributed by atoms with Crippen LogP contribution in [0.3, 0.4) is 0 Å². The Bertz CT molecular complexity index is 449. The second kappa shape index (κ2) is 6.89. The van der Waals surface area contributed by atoms with Gasteiger partial charge in [-0.1, -0.05) is 23.2 Å². The molecule has 0 unspecified atom stereocenters. The van der Waals surface area contributed by atoms with E-state index in [0.29, 0.717) is 5.56 Å². The second-order valence-electron chi connectivity index (χ2n) is 3.10. The number of nitrogens with zero attached hydrogens (tertiary/aromatic N) is 1. The fraction of sp³-hybridized carbons (Fsp3) is 0.273. The van der Waals surface area contributed by atoms with Gasteiger partial charge in [0, 0.05) is 24.4 Å². The van der Waals surface area contributed by atoms with Crippen molar-refractivity contribution < 1.29 is 4.79 Å². The zero-order chi connectivity index (χ0) is 12.8. The van der Waals surface area contributed by atoms with E-state index in [9.17, 15) is 4.79 Å². The van der Waals surface area contributed by atoms with Gasteiger partial charge in [0.15, 0.2) is 5.78 Å². The Morgan fingerprint density at radius 3 is 2.82 bits per heavy atom. The minimum Gasteiger partial charge on any atom is -0.380 e. The summed E-state index contributed by atoms with van der Waals surface area (Å²) in [6, 6.07) is 1.51. The molecular formula is C11H12Cl2N2OS. The monoisotopic (exact) mass is 290 g/mol. The average molecular weight is 291 g/mol. The Morgan fingerprint density at radius 1 is 1.59 bits per heavy atom. The van der Waals surface area contributed by atoms with Crippen LogP contribution in [0.4, 0.5) is 0 Å². The van der Waals surface area contributed by atoms with Crippen molar-refractivity contribution in [2.45, 2.75) is 6.92 Å². The lowest BCUT2D eigenvalue weighted by molar-refractivity contribution is 0.104. The summed E-state index contributed by atoms with van der Waals surface area (Å²) in [5.74, 6) is -0.152. The van der Waals surface area contributed by atoms with Crippen LogP contribution in [0.25, 0.3) is 0 Å². The molecule has 0 aromatic carbocycles. The molecule has 1 aromatic rings. The van der Waals surface area contributed by atoms with Gasteiger partial charge >= 0.3 is 0 Å². The van der Waals surface area contributed by atoms with Crippen LogP contribution in [0.5, 0.6) is 0 Å².